The Morgan fingerprint density at radius 3 is 1.68 bits per heavy atom. The molecule has 0 heterocycles. The summed E-state index contributed by atoms with van der Waals surface area (Å²) >= 11 is 0. The summed E-state index contributed by atoms with van der Waals surface area (Å²) in [7, 11) is 0. The summed E-state index contributed by atoms with van der Waals surface area (Å²) in [4.78, 5) is 46.9. The van der Waals surface area contributed by atoms with Crippen LogP contribution in [-0.4, -0.2) is 41.3 Å². The van der Waals surface area contributed by atoms with Crippen molar-refractivity contribution in [1.82, 2.24) is 10.6 Å². The molecule has 0 aliphatic heterocycles. The first-order valence-electron chi connectivity index (χ1n) is 12.3. The van der Waals surface area contributed by atoms with E-state index in [0.29, 0.717) is 19.3 Å². The molecule has 3 N–H and O–H groups in total. The molecule has 0 aromatic carbocycles. The van der Waals surface area contributed by atoms with Crippen LogP contribution in [-0.2, 0) is 19.2 Å². The number of hydrogen-bond donors (Lipinski definition) is 3. The summed E-state index contributed by atoms with van der Waals surface area (Å²) < 4.78 is 0. The maximum Gasteiger partial charge on any atom is 0.322 e. The van der Waals surface area contributed by atoms with Crippen LogP contribution in [0.5, 0.6) is 0 Å². The minimum atomic E-state index is -1.16. The Kier molecular flexibility index (Phi) is 18.8. The average Bonchev–Trinajstić information content (AvgIpc) is 2.75. The van der Waals surface area contributed by atoms with Crippen molar-refractivity contribution >= 4 is 23.6 Å². The van der Waals surface area contributed by atoms with E-state index in [9.17, 15) is 19.2 Å². The number of hydrogen-bond acceptors (Lipinski definition) is 4. The van der Waals surface area contributed by atoms with Gasteiger partial charge >= 0.3 is 5.97 Å². The van der Waals surface area contributed by atoms with Crippen LogP contribution >= 0.6 is 0 Å². The fourth-order valence-corrected chi connectivity index (χ4v) is 3.44. The van der Waals surface area contributed by atoms with E-state index < -0.39 is 36.2 Å². The number of ketones is 1. The highest BCUT2D eigenvalue weighted by Crippen LogP contribution is 2.12. The van der Waals surface area contributed by atoms with E-state index >= 15 is 0 Å². The number of unbranched alkanes of at least 4 members (excludes halogenated alkanes) is 12. The molecule has 0 rings (SSSR count). The molecule has 0 saturated carbocycles. The topological polar surface area (TPSA) is 113 Å². The highest BCUT2D eigenvalue weighted by molar-refractivity contribution is 6.36. The molecular formula is C24H44N2O5. The van der Waals surface area contributed by atoms with Gasteiger partial charge in [0.15, 0.2) is 0 Å². The molecule has 2 amide bonds. The van der Waals surface area contributed by atoms with Crippen LogP contribution < -0.4 is 10.6 Å². The van der Waals surface area contributed by atoms with E-state index in [2.05, 4.69) is 17.6 Å². The minimum absolute atomic E-state index is 0.181. The van der Waals surface area contributed by atoms with Gasteiger partial charge in [0.25, 0.3) is 5.91 Å². The largest absolute Gasteiger partial charge is 0.480 e. The molecule has 0 aliphatic rings. The van der Waals surface area contributed by atoms with Gasteiger partial charge in [0.2, 0.25) is 11.7 Å². The van der Waals surface area contributed by atoms with Crippen molar-refractivity contribution in [1.29, 1.82) is 0 Å². The van der Waals surface area contributed by atoms with Crippen LogP contribution in [0.25, 0.3) is 0 Å². The lowest BCUT2D eigenvalue weighted by molar-refractivity contribution is -0.140. The maximum absolute atomic E-state index is 12.1. The Morgan fingerprint density at radius 2 is 1.19 bits per heavy atom. The number of aliphatic carboxylic acids is 1. The molecule has 7 heteroatoms. The Labute approximate surface area is 188 Å². The molecule has 31 heavy (non-hydrogen) atoms. The van der Waals surface area contributed by atoms with E-state index in [1.165, 1.54) is 51.4 Å². The summed E-state index contributed by atoms with van der Waals surface area (Å²) in [6.07, 6.45) is 16.4. The SMILES string of the molecule is CCCCCCCCCCCCCCC(=O)C(=O)N[C@@H](CCCC)C(=O)NCC(=O)O. The van der Waals surface area contributed by atoms with Gasteiger partial charge in [-0.25, -0.2) is 0 Å². The van der Waals surface area contributed by atoms with Gasteiger partial charge in [0.05, 0.1) is 0 Å². The molecule has 0 bridgehead atoms. The number of carboxylic acid groups (broad SMARTS) is 1. The van der Waals surface area contributed by atoms with Gasteiger partial charge in [-0.3, -0.25) is 19.2 Å². The zero-order chi connectivity index (χ0) is 23.3. The molecule has 0 aromatic heterocycles. The maximum atomic E-state index is 12.1. The third kappa shape index (κ3) is 17.5. The predicted molar refractivity (Wildman–Crippen MR) is 123 cm³/mol. The summed E-state index contributed by atoms with van der Waals surface area (Å²) in [5, 5.41) is 13.4. The fraction of sp³-hybridized carbons (Fsp3) is 0.833. The van der Waals surface area contributed by atoms with Crippen LogP contribution in [0.3, 0.4) is 0 Å². The number of carboxylic acids is 1. The van der Waals surface area contributed by atoms with Gasteiger partial charge in [-0.2, -0.15) is 0 Å². The van der Waals surface area contributed by atoms with E-state index in [0.717, 1.165) is 25.7 Å². The average molecular weight is 441 g/mol. The highest BCUT2D eigenvalue weighted by atomic mass is 16.4. The lowest BCUT2D eigenvalue weighted by atomic mass is 10.0. The number of carbonyl (C=O) groups is 4. The summed E-state index contributed by atoms with van der Waals surface area (Å²) in [5.74, 6) is -2.99. The zero-order valence-electron chi connectivity index (χ0n) is 19.7. The number of amides is 2. The Hall–Kier alpha value is -1.92. The second kappa shape index (κ2) is 20.0. The molecule has 0 fully saturated rings. The van der Waals surface area contributed by atoms with Crippen LogP contribution in [0, 0.1) is 0 Å². The van der Waals surface area contributed by atoms with Gasteiger partial charge in [0, 0.05) is 6.42 Å². The molecule has 0 aromatic rings. The standard InChI is InChI=1S/C24H44N2O5/c1-3-5-7-8-9-10-11-12-13-14-15-16-18-21(27)24(31)26-20(17-6-4-2)23(30)25-19-22(28)29/h20H,3-19H2,1-2H3,(H,25,30)(H,26,31)(H,28,29)/t20-/m0/s1. The van der Waals surface area contributed by atoms with Crippen molar-refractivity contribution in [2.75, 3.05) is 6.54 Å². The summed E-state index contributed by atoms with van der Waals surface area (Å²) in [6, 6.07) is -0.877. The lowest BCUT2D eigenvalue weighted by Crippen LogP contribution is -2.49. The van der Waals surface area contributed by atoms with Crippen LogP contribution in [0.1, 0.15) is 117 Å². The molecular weight excluding hydrogens is 396 g/mol. The van der Waals surface area contributed by atoms with Crippen molar-refractivity contribution in [3.63, 3.8) is 0 Å². The predicted octanol–water partition coefficient (Wildman–Crippen LogP) is 4.52. The van der Waals surface area contributed by atoms with Gasteiger partial charge in [-0.15, -0.1) is 0 Å². The molecule has 7 nitrogen and oxygen atoms in total. The Balaban J connectivity index is 3.95. The van der Waals surface area contributed by atoms with Gasteiger partial charge < -0.3 is 15.7 Å². The first-order valence-corrected chi connectivity index (χ1v) is 12.3. The number of nitrogens with one attached hydrogen (secondary N) is 2. The summed E-state index contributed by atoms with van der Waals surface area (Å²) in [6.45, 7) is 3.67. The Bertz CT molecular complexity index is 522. The zero-order valence-corrected chi connectivity index (χ0v) is 19.7. The summed E-state index contributed by atoms with van der Waals surface area (Å²) in [5.41, 5.74) is 0. The van der Waals surface area contributed by atoms with Crippen molar-refractivity contribution in [3.8, 4) is 0 Å². The second-order valence-electron chi connectivity index (χ2n) is 8.34. The van der Waals surface area contributed by atoms with E-state index in [4.69, 9.17) is 5.11 Å². The lowest BCUT2D eigenvalue weighted by Gasteiger charge is -2.17. The highest BCUT2D eigenvalue weighted by Gasteiger charge is 2.23. The van der Waals surface area contributed by atoms with Crippen LogP contribution in [0.4, 0.5) is 0 Å². The van der Waals surface area contributed by atoms with Gasteiger partial charge in [0.1, 0.15) is 12.6 Å². The molecule has 0 saturated heterocycles. The second-order valence-corrected chi connectivity index (χ2v) is 8.34. The van der Waals surface area contributed by atoms with Crippen molar-refractivity contribution in [3.05, 3.63) is 0 Å². The van der Waals surface area contributed by atoms with Crippen molar-refractivity contribution in [2.24, 2.45) is 0 Å². The van der Waals surface area contributed by atoms with E-state index in [1.807, 2.05) is 6.92 Å². The molecule has 0 aliphatic carbocycles. The normalized spacial score (nSPS) is 11.7. The fourth-order valence-electron chi connectivity index (χ4n) is 3.44. The third-order valence-electron chi connectivity index (χ3n) is 5.39. The van der Waals surface area contributed by atoms with Crippen LogP contribution in [0.2, 0.25) is 0 Å². The first-order chi connectivity index (χ1) is 14.9. The molecule has 180 valence electrons. The number of Topliss-reactive ketones (excluding diaryl/α,β-unsaturated/α-hetero) is 1. The van der Waals surface area contributed by atoms with E-state index in [-0.39, 0.29) is 6.42 Å². The minimum Gasteiger partial charge on any atom is -0.480 e. The smallest absolute Gasteiger partial charge is 0.322 e. The Morgan fingerprint density at radius 1 is 0.710 bits per heavy atom. The monoisotopic (exact) mass is 440 g/mol. The van der Waals surface area contributed by atoms with Crippen LogP contribution in [0.15, 0.2) is 0 Å². The van der Waals surface area contributed by atoms with Gasteiger partial charge in [-0.1, -0.05) is 97.3 Å². The van der Waals surface area contributed by atoms with Crippen molar-refractivity contribution in [2.45, 2.75) is 123 Å². The molecule has 0 unspecified atom stereocenters. The van der Waals surface area contributed by atoms with Crippen molar-refractivity contribution < 1.29 is 24.3 Å². The number of carbonyl (C=O) groups excluding carboxylic acids is 3. The molecule has 0 spiro atoms. The third-order valence-corrected chi connectivity index (χ3v) is 5.39. The molecule has 1 atom stereocenters. The van der Waals surface area contributed by atoms with Gasteiger partial charge in [-0.05, 0) is 12.8 Å². The first kappa shape index (κ1) is 29.1. The quantitative estimate of drug-likeness (QED) is 0.179. The number of rotatable bonds is 21. The molecule has 0 radical (unpaired) electrons. The van der Waals surface area contributed by atoms with E-state index in [1.54, 1.807) is 0 Å².